The van der Waals surface area contributed by atoms with Crippen LogP contribution in [0.4, 0.5) is 0 Å². The van der Waals surface area contributed by atoms with Crippen molar-refractivity contribution in [2.75, 3.05) is 0 Å². The molecule has 3 fully saturated rings. The lowest BCUT2D eigenvalue weighted by molar-refractivity contribution is 0.0447. The standard InChI is InChI=1S/C15H26/c1-4-10(2)15(3)9-11-8-14(15)13-7-5-6-12(11)13/h10-14H,4-9H2,1-3H3/t10?,11?,12?,13?,14?,15-/m1/s1. The van der Waals surface area contributed by atoms with Crippen LogP contribution >= 0.6 is 0 Å². The zero-order valence-electron chi connectivity index (χ0n) is 10.6. The first-order valence-corrected chi connectivity index (χ1v) is 7.16. The number of hydrogen-bond donors (Lipinski definition) is 0. The third kappa shape index (κ3) is 1.20. The molecule has 0 aromatic heterocycles. The molecular formula is C15H26. The monoisotopic (exact) mass is 206 g/mol. The van der Waals surface area contributed by atoms with Gasteiger partial charge in [0.1, 0.15) is 0 Å². The summed E-state index contributed by atoms with van der Waals surface area (Å²) < 4.78 is 0. The molecule has 0 radical (unpaired) electrons. The second kappa shape index (κ2) is 3.25. The SMILES string of the molecule is CCC(C)[C@@]1(C)CC2CC1C1CCCC21. The number of rotatable bonds is 2. The van der Waals surface area contributed by atoms with E-state index in [0.717, 1.165) is 29.6 Å². The van der Waals surface area contributed by atoms with Gasteiger partial charge in [-0.2, -0.15) is 0 Å². The molecule has 15 heavy (non-hydrogen) atoms. The number of hydrogen-bond acceptors (Lipinski definition) is 0. The summed E-state index contributed by atoms with van der Waals surface area (Å²) in [7, 11) is 0. The van der Waals surface area contributed by atoms with Crippen molar-refractivity contribution in [1.29, 1.82) is 0 Å². The molecule has 3 aliphatic carbocycles. The first-order valence-electron chi connectivity index (χ1n) is 7.16. The van der Waals surface area contributed by atoms with Crippen molar-refractivity contribution >= 4 is 0 Å². The molecule has 5 unspecified atom stereocenters. The molecule has 0 heteroatoms. The van der Waals surface area contributed by atoms with Crippen LogP contribution in [0, 0.1) is 35.0 Å². The molecule has 6 atom stereocenters. The molecule has 0 nitrogen and oxygen atoms in total. The Balaban J connectivity index is 1.86. The van der Waals surface area contributed by atoms with Gasteiger partial charge in [-0.3, -0.25) is 0 Å². The molecule has 3 saturated carbocycles. The van der Waals surface area contributed by atoms with Gasteiger partial charge >= 0.3 is 0 Å². The zero-order valence-corrected chi connectivity index (χ0v) is 10.6. The molecule has 0 spiro atoms. The highest BCUT2D eigenvalue weighted by Crippen LogP contribution is 2.67. The topological polar surface area (TPSA) is 0 Å². The Kier molecular flexibility index (Phi) is 2.20. The van der Waals surface area contributed by atoms with Crippen LogP contribution in [-0.2, 0) is 0 Å². The second-order valence-electron chi connectivity index (χ2n) is 6.88. The van der Waals surface area contributed by atoms with Crippen LogP contribution in [-0.4, -0.2) is 0 Å². The van der Waals surface area contributed by atoms with Gasteiger partial charge < -0.3 is 0 Å². The number of fused-ring (bicyclic) bond motifs is 5. The van der Waals surface area contributed by atoms with Crippen LogP contribution in [0.1, 0.15) is 59.3 Å². The molecule has 86 valence electrons. The molecule has 0 saturated heterocycles. The van der Waals surface area contributed by atoms with Crippen molar-refractivity contribution in [3.05, 3.63) is 0 Å². The lowest BCUT2D eigenvalue weighted by Gasteiger charge is -2.44. The molecule has 0 aromatic carbocycles. The van der Waals surface area contributed by atoms with E-state index in [1.54, 1.807) is 32.1 Å². The predicted molar refractivity (Wildman–Crippen MR) is 64.6 cm³/mol. The summed E-state index contributed by atoms with van der Waals surface area (Å²) in [4.78, 5) is 0. The summed E-state index contributed by atoms with van der Waals surface area (Å²) in [5, 5.41) is 0. The Morgan fingerprint density at radius 2 is 2.00 bits per heavy atom. The third-order valence-electron chi connectivity index (χ3n) is 6.59. The first kappa shape index (κ1) is 10.2. The Hall–Kier alpha value is 0. The van der Waals surface area contributed by atoms with Gasteiger partial charge in [-0.1, -0.05) is 33.6 Å². The minimum Gasteiger partial charge on any atom is -0.0651 e. The minimum atomic E-state index is 0.713. The fourth-order valence-electron chi connectivity index (χ4n) is 5.52. The average Bonchev–Trinajstić information content (AvgIpc) is 2.85. The quantitative estimate of drug-likeness (QED) is 0.624. The van der Waals surface area contributed by atoms with E-state index in [0.29, 0.717) is 5.41 Å². The summed E-state index contributed by atoms with van der Waals surface area (Å²) in [6, 6.07) is 0. The summed E-state index contributed by atoms with van der Waals surface area (Å²) >= 11 is 0. The predicted octanol–water partition coefficient (Wildman–Crippen LogP) is 4.49. The van der Waals surface area contributed by atoms with Gasteiger partial charge in [0.05, 0.1) is 0 Å². The molecule has 3 rings (SSSR count). The fraction of sp³-hybridized carbons (Fsp3) is 1.00. The van der Waals surface area contributed by atoms with Gasteiger partial charge in [-0.15, -0.1) is 0 Å². The van der Waals surface area contributed by atoms with Crippen molar-refractivity contribution < 1.29 is 0 Å². The second-order valence-corrected chi connectivity index (χ2v) is 6.88. The smallest absolute Gasteiger partial charge is 0.0266 e. The Morgan fingerprint density at radius 1 is 1.27 bits per heavy atom. The highest BCUT2D eigenvalue weighted by molar-refractivity contribution is 5.08. The maximum atomic E-state index is 2.61. The molecular weight excluding hydrogens is 180 g/mol. The van der Waals surface area contributed by atoms with E-state index in [-0.39, 0.29) is 0 Å². The summed E-state index contributed by atoms with van der Waals surface area (Å²) in [6.45, 7) is 7.50. The van der Waals surface area contributed by atoms with E-state index in [1.165, 1.54) is 6.42 Å². The maximum absolute atomic E-state index is 2.61. The van der Waals surface area contributed by atoms with Crippen LogP contribution in [0.2, 0.25) is 0 Å². The molecule has 0 aromatic rings. The van der Waals surface area contributed by atoms with Crippen LogP contribution in [0.15, 0.2) is 0 Å². The molecule has 0 heterocycles. The van der Waals surface area contributed by atoms with Gasteiger partial charge in [0.25, 0.3) is 0 Å². The van der Waals surface area contributed by atoms with Gasteiger partial charge in [-0.25, -0.2) is 0 Å². The van der Waals surface area contributed by atoms with Crippen molar-refractivity contribution in [3.63, 3.8) is 0 Å². The lowest BCUT2D eigenvalue weighted by Crippen LogP contribution is -2.37. The highest BCUT2D eigenvalue weighted by atomic mass is 14.6. The summed E-state index contributed by atoms with van der Waals surface area (Å²) in [5.74, 6) is 5.48. The van der Waals surface area contributed by atoms with Gasteiger partial charge in [0, 0.05) is 0 Å². The Morgan fingerprint density at radius 3 is 2.73 bits per heavy atom. The first-order chi connectivity index (χ1) is 7.16. The van der Waals surface area contributed by atoms with Crippen molar-refractivity contribution in [1.82, 2.24) is 0 Å². The van der Waals surface area contributed by atoms with Crippen molar-refractivity contribution in [3.8, 4) is 0 Å². The summed E-state index contributed by atoms with van der Waals surface area (Å²) in [5.41, 5.74) is 0.713. The Bertz CT molecular complexity index is 257. The largest absolute Gasteiger partial charge is 0.0651 e. The molecule has 0 aliphatic heterocycles. The van der Waals surface area contributed by atoms with E-state index in [4.69, 9.17) is 0 Å². The highest BCUT2D eigenvalue weighted by Gasteiger charge is 2.59. The fourth-order valence-corrected chi connectivity index (χ4v) is 5.52. The van der Waals surface area contributed by atoms with Crippen LogP contribution in [0.25, 0.3) is 0 Å². The van der Waals surface area contributed by atoms with Crippen molar-refractivity contribution in [2.45, 2.75) is 59.3 Å². The van der Waals surface area contributed by atoms with Crippen LogP contribution in [0.3, 0.4) is 0 Å². The van der Waals surface area contributed by atoms with Crippen LogP contribution in [0.5, 0.6) is 0 Å². The van der Waals surface area contributed by atoms with E-state index in [1.807, 2.05) is 0 Å². The van der Waals surface area contributed by atoms with E-state index < -0.39 is 0 Å². The minimum absolute atomic E-state index is 0.713. The van der Waals surface area contributed by atoms with Crippen LogP contribution < -0.4 is 0 Å². The van der Waals surface area contributed by atoms with Gasteiger partial charge in [0.2, 0.25) is 0 Å². The zero-order chi connectivity index (χ0) is 10.6. The summed E-state index contributed by atoms with van der Waals surface area (Å²) in [6.07, 6.45) is 9.22. The molecule has 0 amide bonds. The van der Waals surface area contributed by atoms with Gasteiger partial charge in [0.15, 0.2) is 0 Å². The third-order valence-corrected chi connectivity index (χ3v) is 6.59. The van der Waals surface area contributed by atoms with Gasteiger partial charge in [-0.05, 0) is 60.7 Å². The Labute approximate surface area is 94.8 Å². The lowest BCUT2D eigenvalue weighted by atomic mass is 9.61. The van der Waals surface area contributed by atoms with E-state index in [2.05, 4.69) is 20.8 Å². The maximum Gasteiger partial charge on any atom is -0.0266 e. The molecule has 3 aliphatic rings. The average molecular weight is 206 g/mol. The normalized spacial score (nSPS) is 54.6. The molecule has 0 N–H and O–H groups in total. The van der Waals surface area contributed by atoms with Crippen molar-refractivity contribution in [2.24, 2.45) is 35.0 Å². The molecule has 2 bridgehead atoms. The van der Waals surface area contributed by atoms with E-state index >= 15 is 0 Å². The van der Waals surface area contributed by atoms with E-state index in [9.17, 15) is 0 Å².